The maximum absolute atomic E-state index is 13.1. The Morgan fingerprint density at radius 2 is 2.00 bits per heavy atom. The molecule has 1 saturated carbocycles. The summed E-state index contributed by atoms with van der Waals surface area (Å²) in [6.07, 6.45) is 5.39. The van der Waals surface area contributed by atoms with E-state index in [1.54, 1.807) is 11.6 Å². The number of nitrogens with one attached hydrogen (secondary N) is 1. The third-order valence-corrected chi connectivity index (χ3v) is 6.94. The maximum Gasteiger partial charge on any atom is 0.327 e. The van der Waals surface area contributed by atoms with Crippen molar-refractivity contribution in [2.24, 2.45) is 5.92 Å². The van der Waals surface area contributed by atoms with Crippen molar-refractivity contribution in [3.05, 3.63) is 51.6 Å². The molecule has 1 aromatic carbocycles. The predicted octanol–water partition coefficient (Wildman–Crippen LogP) is 3.78. The summed E-state index contributed by atoms with van der Waals surface area (Å²) >= 11 is 0. The monoisotopic (exact) mass is 480 g/mol. The number of ether oxygens (including phenoxy) is 1. The van der Waals surface area contributed by atoms with Crippen molar-refractivity contribution in [1.29, 1.82) is 0 Å². The van der Waals surface area contributed by atoms with Crippen LogP contribution in [0.3, 0.4) is 0 Å². The minimum atomic E-state index is -0.367. The fraction of sp³-hybridized carbons (Fsp3) is 0.577. The van der Waals surface area contributed by atoms with Gasteiger partial charge in [0.2, 0.25) is 0 Å². The van der Waals surface area contributed by atoms with Crippen LogP contribution in [-0.2, 0) is 29.0 Å². The number of hydrogen-bond acceptors (Lipinski definition) is 7. The third-order valence-electron chi connectivity index (χ3n) is 6.94. The number of H-pyrrole nitrogens is 1. The van der Waals surface area contributed by atoms with Crippen molar-refractivity contribution in [3.63, 3.8) is 0 Å². The average Bonchev–Trinajstić information content (AvgIpc) is 3.51. The Hall–Kier alpha value is -3.07. The number of pyridine rings is 1. The standard InChI is InChI=1S/C26H36N6O3/c1-5-18-11-12-22-19(13-18)14-20(26(34)27-22)15-31(21-9-7-8-10-21)24(17(3)4)25-28-29-30-32(25)16-23(33)35-6-2/h11-14,17,21,24H,5-10,15-16H2,1-4H3,(H,27,34)/t24-/m0/s1. The van der Waals surface area contributed by atoms with Gasteiger partial charge in [-0.2, -0.15) is 0 Å². The molecule has 2 aromatic heterocycles. The fourth-order valence-electron chi connectivity index (χ4n) is 5.22. The topological polar surface area (TPSA) is 106 Å². The first kappa shape index (κ1) is 25.0. The summed E-state index contributed by atoms with van der Waals surface area (Å²) in [6, 6.07) is 8.37. The average molecular weight is 481 g/mol. The van der Waals surface area contributed by atoms with E-state index in [0.29, 0.717) is 25.0 Å². The molecule has 1 N–H and O–H groups in total. The molecule has 0 aliphatic heterocycles. The van der Waals surface area contributed by atoms with Gasteiger partial charge in [0.15, 0.2) is 5.82 Å². The van der Waals surface area contributed by atoms with Crippen molar-refractivity contribution >= 4 is 16.9 Å². The summed E-state index contributed by atoms with van der Waals surface area (Å²) in [6.45, 7) is 8.94. The summed E-state index contributed by atoms with van der Waals surface area (Å²) < 4.78 is 6.67. The van der Waals surface area contributed by atoms with Gasteiger partial charge in [-0.25, -0.2) is 4.68 Å². The van der Waals surface area contributed by atoms with Crippen molar-refractivity contribution in [2.75, 3.05) is 6.61 Å². The van der Waals surface area contributed by atoms with E-state index < -0.39 is 0 Å². The first-order valence-electron chi connectivity index (χ1n) is 12.7. The second-order valence-electron chi connectivity index (χ2n) is 9.70. The zero-order chi connectivity index (χ0) is 24.9. The highest BCUT2D eigenvalue weighted by Gasteiger charge is 2.35. The number of esters is 1. The number of aryl methyl sites for hydroxylation is 1. The number of carbonyl (C=O) groups excluding carboxylic acids is 1. The summed E-state index contributed by atoms with van der Waals surface area (Å²) in [5.41, 5.74) is 2.74. The molecule has 0 spiro atoms. The first-order valence-corrected chi connectivity index (χ1v) is 12.7. The lowest BCUT2D eigenvalue weighted by atomic mass is 9.97. The van der Waals surface area contributed by atoms with Gasteiger partial charge >= 0.3 is 5.97 Å². The number of benzene rings is 1. The van der Waals surface area contributed by atoms with Crippen molar-refractivity contribution in [2.45, 2.75) is 85.0 Å². The van der Waals surface area contributed by atoms with Crippen LogP contribution in [0, 0.1) is 5.92 Å². The predicted molar refractivity (Wildman–Crippen MR) is 134 cm³/mol. The molecule has 1 fully saturated rings. The fourth-order valence-corrected chi connectivity index (χ4v) is 5.22. The summed E-state index contributed by atoms with van der Waals surface area (Å²) in [4.78, 5) is 30.8. The normalized spacial score (nSPS) is 15.4. The molecule has 0 bridgehead atoms. The molecular formula is C26H36N6O3. The molecule has 35 heavy (non-hydrogen) atoms. The smallest absolute Gasteiger partial charge is 0.327 e. The Morgan fingerprint density at radius 3 is 2.69 bits per heavy atom. The molecule has 9 nitrogen and oxygen atoms in total. The Labute approximate surface area is 205 Å². The van der Waals surface area contributed by atoms with Crippen molar-refractivity contribution < 1.29 is 9.53 Å². The Balaban J connectivity index is 1.73. The lowest BCUT2D eigenvalue weighted by Crippen LogP contribution is -2.41. The number of rotatable bonds is 10. The van der Waals surface area contributed by atoms with Gasteiger partial charge in [0.05, 0.1) is 12.6 Å². The number of aromatic amines is 1. The first-order chi connectivity index (χ1) is 16.9. The highest BCUT2D eigenvalue weighted by atomic mass is 16.5. The van der Waals surface area contributed by atoms with Crippen LogP contribution in [0.4, 0.5) is 0 Å². The third kappa shape index (κ3) is 5.61. The van der Waals surface area contributed by atoms with E-state index in [1.807, 2.05) is 12.1 Å². The zero-order valence-electron chi connectivity index (χ0n) is 21.2. The highest BCUT2D eigenvalue weighted by Crippen LogP contribution is 2.36. The second-order valence-corrected chi connectivity index (χ2v) is 9.70. The molecule has 1 aliphatic carbocycles. The van der Waals surface area contributed by atoms with Crippen LogP contribution in [0.2, 0.25) is 0 Å². The number of carbonyl (C=O) groups is 1. The summed E-state index contributed by atoms with van der Waals surface area (Å²) in [7, 11) is 0. The van der Waals surface area contributed by atoms with Crippen molar-refractivity contribution in [1.82, 2.24) is 30.1 Å². The van der Waals surface area contributed by atoms with Gasteiger partial charge in [0.1, 0.15) is 6.54 Å². The van der Waals surface area contributed by atoms with Crippen LogP contribution >= 0.6 is 0 Å². The molecular weight excluding hydrogens is 444 g/mol. The van der Waals surface area contributed by atoms with Gasteiger partial charge < -0.3 is 9.72 Å². The Bertz CT molecular complexity index is 1210. The van der Waals surface area contributed by atoms with E-state index in [1.165, 1.54) is 5.56 Å². The lowest BCUT2D eigenvalue weighted by Gasteiger charge is -2.37. The molecule has 4 rings (SSSR count). The molecule has 0 amide bonds. The minimum Gasteiger partial charge on any atom is -0.465 e. The minimum absolute atomic E-state index is 0.0335. The lowest BCUT2D eigenvalue weighted by molar-refractivity contribution is -0.144. The molecule has 9 heteroatoms. The number of aromatic nitrogens is 5. The summed E-state index contributed by atoms with van der Waals surface area (Å²) in [5, 5.41) is 13.4. The van der Waals surface area contributed by atoms with Crippen LogP contribution < -0.4 is 5.56 Å². The van der Waals surface area contributed by atoms with E-state index >= 15 is 0 Å². The quantitative estimate of drug-likeness (QED) is 0.440. The number of hydrogen-bond donors (Lipinski definition) is 1. The van der Waals surface area contributed by atoms with Gasteiger partial charge in [0.25, 0.3) is 5.56 Å². The highest BCUT2D eigenvalue weighted by molar-refractivity contribution is 5.79. The van der Waals surface area contributed by atoms with Gasteiger partial charge in [-0.15, -0.1) is 5.10 Å². The number of fused-ring (bicyclic) bond motifs is 1. The molecule has 0 saturated heterocycles. The van der Waals surface area contributed by atoms with E-state index in [4.69, 9.17) is 4.74 Å². The zero-order valence-corrected chi connectivity index (χ0v) is 21.2. The van der Waals surface area contributed by atoms with Crippen LogP contribution in [-0.4, -0.2) is 48.7 Å². The molecule has 0 unspecified atom stereocenters. The van der Waals surface area contributed by atoms with Gasteiger partial charge in [-0.05, 0) is 71.7 Å². The SMILES string of the molecule is CCOC(=O)Cn1nnnc1[C@H](C(C)C)N(Cc1cc2cc(CC)ccc2[nH]c1=O)C1CCCC1. The second kappa shape index (κ2) is 11.1. The number of nitrogens with zero attached hydrogens (tertiary/aromatic N) is 5. The van der Waals surface area contributed by atoms with Gasteiger partial charge in [0, 0.05) is 23.7 Å². The van der Waals surface area contributed by atoms with E-state index in [2.05, 4.69) is 58.3 Å². The van der Waals surface area contributed by atoms with Crippen LogP contribution in [0.1, 0.15) is 76.4 Å². The largest absolute Gasteiger partial charge is 0.465 e. The van der Waals surface area contributed by atoms with Crippen LogP contribution in [0.25, 0.3) is 10.9 Å². The number of tetrazole rings is 1. The Morgan fingerprint density at radius 1 is 1.23 bits per heavy atom. The van der Waals surface area contributed by atoms with Crippen molar-refractivity contribution in [3.8, 4) is 0 Å². The van der Waals surface area contributed by atoms with Crippen LogP contribution in [0.15, 0.2) is 29.1 Å². The van der Waals surface area contributed by atoms with Gasteiger partial charge in [-0.1, -0.05) is 39.7 Å². The molecule has 1 atom stereocenters. The van der Waals surface area contributed by atoms with E-state index in [-0.39, 0.29) is 30.0 Å². The molecule has 1 aliphatic rings. The molecule has 2 heterocycles. The van der Waals surface area contributed by atoms with E-state index in [9.17, 15) is 9.59 Å². The maximum atomic E-state index is 13.1. The van der Waals surface area contributed by atoms with E-state index in [0.717, 1.165) is 48.6 Å². The molecule has 188 valence electrons. The Kier molecular flexibility index (Phi) is 7.95. The van der Waals surface area contributed by atoms with Crippen LogP contribution in [0.5, 0.6) is 0 Å². The molecule has 3 aromatic rings. The summed E-state index contributed by atoms with van der Waals surface area (Å²) in [5.74, 6) is 0.424. The molecule has 0 radical (unpaired) electrons. The van der Waals surface area contributed by atoms with Gasteiger partial charge in [-0.3, -0.25) is 14.5 Å².